The molecule has 0 fully saturated rings. The maximum Gasteiger partial charge on any atom is 0.130 e. The van der Waals surface area contributed by atoms with Gasteiger partial charge in [0, 0.05) is 57.1 Å². The van der Waals surface area contributed by atoms with Crippen LogP contribution in [0.5, 0.6) is 5.75 Å². The number of hydrogen-bond donors (Lipinski definition) is 0. The lowest BCUT2D eigenvalue weighted by molar-refractivity contribution is 0.128. The van der Waals surface area contributed by atoms with Crippen LogP contribution >= 0.6 is 23.4 Å². The van der Waals surface area contributed by atoms with Crippen LogP contribution in [-0.4, -0.2) is 21.9 Å². The molecule has 6 aromatic rings. The van der Waals surface area contributed by atoms with Crippen molar-refractivity contribution in [2.24, 2.45) is 0 Å². The summed E-state index contributed by atoms with van der Waals surface area (Å²) in [6, 6.07) is 36.7. The maximum absolute atomic E-state index is 10.0. The lowest BCUT2D eigenvalue weighted by Crippen LogP contribution is -2.15. The summed E-state index contributed by atoms with van der Waals surface area (Å²) in [5.41, 5.74) is 9.03. The highest BCUT2D eigenvalue weighted by atomic mass is 35.5. The van der Waals surface area contributed by atoms with Gasteiger partial charge in [0.15, 0.2) is 0 Å². The smallest absolute Gasteiger partial charge is 0.130 e. The SMILES string of the molecule is COC(c1ccccc1C#N)c1c2c3c(c(OCc4ccc(-c5ccccc5)cn4)ccc3n1Cc1ccc(Cl)cc1)CC(C)S2. The molecular formula is C39H32ClN3O2S. The highest BCUT2D eigenvalue weighted by molar-refractivity contribution is 8.00. The first-order valence-electron chi connectivity index (χ1n) is 15.3. The third kappa shape index (κ3) is 5.78. The monoisotopic (exact) mass is 641 g/mol. The first-order valence-corrected chi connectivity index (χ1v) is 16.5. The van der Waals surface area contributed by atoms with E-state index in [0.717, 1.165) is 51.3 Å². The number of pyridine rings is 1. The second kappa shape index (κ2) is 13.1. The summed E-state index contributed by atoms with van der Waals surface area (Å²) in [6.07, 6.45) is 2.35. The summed E-state index contributed by atoms with van der Waals surface area (Å²) >= 11 is 8.11. The van der Waals surface area contributed by atoms with Crippen LogP contribution in [0.3, 0.4) is 0 Å². The normalized spacial score (nSPS) is 14.6. The van der Waals surface area contributed by atoms with Gasteiger partial charge >= 0.3 is 0 Å². The number of thioether (sulfide) groups is 1. The second-order valence-corrected chi connectivity index (χ2v) is 13.4. The van der Waals surface area contributed by atoms with Gasteiger partial charge in [0.05, 0.1) is 28.5 Å². The molecule has 2 atom stereocenters. The van der Waals surface area contributed by atoms with Gasteiger partial charge in [-0.1, -0.05) is 85.3 Å². The first-order chi connectivity index (χ1) is 22.5. The Hall–Kier alpha value is -4.54. The van der Waals surface area contributed by atoms with E-state index < -0.39 is 6.10 Å². The summed E-state index contributed by atoms with van der Waals surface area (Å²) in [6.45, 7) is 3.26. The van der Waals surface area contributed by atoms with Crippen molar-refractivity contribution < 1.29 is 9.47 Å². The van der Waals surface area contributed by atoms with Gasteiger partial charge in [0.25, 0.3) is 0 Å². The molecule has 2 aromatic heterocycles. The van der Waals surface area contributed by atoms with Gasteiger partial charge < -0.3 is 14.0 Å². The number of hydrogen-bond acceptors (Lipinski definition) is 5. The van der Waals surface area contributed by atoms with Crippen molar-refractivity contribution in [1.29, 1.82) is 5.26 Å². The average Bonchev–Trinajstić information content (AvgIpc) is 3.39. The summed E-state index contributed by atoms with van der Waals surface area (Å²) in [5.74, 6) is 0.872. The van der Waals surface area contributed by atoms with E-state index >= 15 is 0 Å². The van der Waals surface area contributed by atoms with Crippen LogP contribution in [0.4, 0.5) is 0 Å². The molecule has 228 valence electrons. The Morgan fingerprint density at radius 3 is 2.48 bits per heavy atom. The molecule has 0 aliphatic carbocycles. The second-order valence-electron chi connectivity index (χ2n) is 11.5. The lowest BCUT2D eigenvalue weighted by Gasteiger charge is -2.25. The number of aromatic nitrogens is 2. The molecule has 0 bridgehead atoms. The van der Waals surface area contributed by atoms with Gasteiger partial charge in [-0.3, -0.25) is 4.98 Å². The van der Waals surface area contributed by atoms with Gasteiger partial charge in [0.1, 0.15) is 18.5 Å². The molecule has 0 spiro atoms. The van der Waals surface area contributed by atoms with Crippen molar-refractivity contribution in [2.45, 2.75) is 42.7 Å². The molecule has 0 N–H and O–H groups in total. The minimum Gasteiger partial charge on any atom is -0.487 e. The minimum atomic E-state index is -0.437. The highest BCUT2D eigenvalue weighted by Gasteiger charge is 2.33. The van der Waals surface area contributed by atoms with Crippen LogP contribution in [0.1, 0.15) is 46.7 Å². The van der Waals surface area contributed by atoms with Crippen LogP contribution in [0.25, 0.3) is 22.0 Å². The van der Waals surface area contributed by atoms with Gasteiger partial charge in [-0.15, -0.1) is 11.8 Å². The molecule has 46 heavy (non-hydrogen) atoms. The standard InChI is InChI=1S/C39H32ClN3O2S/c1-25-20-33-35(45-24-31-17-14-29(22-42-31)27-8-4-3-5-9-27)19-18-34-36(33)39(46-25)37(43(34)23-26-12-15-30(40)16-13-26)38(44-2)32-11-7-6-10-28(32)21-41/h3-19,22,25,38H,20,23-24H2,1-2H3. The number of halogens is 1. The molecule has 4 aromatic carbocycles. The predicted octanol–water partition coefficient (Wildman–Crippen LogP) is 9.63. The summed E-state index contributed by atoms with van der Waals surface area (Å²) in [5, 5.41) is 12.2. The molecule has 0 amide bonds. The van der Waals surface area contributed by atoms with E-state index in [1.807, 2.05) is 78.6 Å². The van der Waals surface area contributed by atoms with Crippen LogP contribution in [-0.2, 0) is 24.3 Å². The Balaban J connectivity index is 1.32. The molecule has 7 heteroatoms. The van der Waals surface area contributed by atoms with Crippen LogP contribution in [0, 0.1) is 11.3 Å². The molecular weight excluding hydrogens is 610 g/mol. The zero-order chi connectivity index (χ0) is 31.6. The largest absolute Gasteiger partial charge is 0.487 e. The number of ether oxygens (including phenoxy) is 2. The number of benzene rings is 4. The zero-order valence-corrected chi connectivity index (χ0v) is 27.2. The van der Waals surface area contributed by atoms with Crippen LogP contribution in [0.15, 0.2) is 114 Å². The molecule has 1 aliphatic rings. The van der Waals surface area contributed by atoms with E-state index in [-0.39, 0.29) is 0 Å². The Labute approximate surface area is 278 Å². The van der Waals surface area contributed by atoms with E-state index in [1.165, 1.54) is 15.8 Å². The van der Waals surface area contributed by atoms with E-state index in [4.69, 9.17) is 26.1 Å². The van der Waals surface area contributed by atoms with E-state index in [0.29, 0.717) is 29.0 Å². The van der Waals surface area contributed by atoms with E-state index in [9.17, 15) is 5.26 Å². The molecule has 0 saturated carbocycles. The van der Waals surface area contributed by atoms with Crippen molar-refractivity contribution in [3.8, 4) is 22.9 Å². The van der Waals surface area contributed by atoms with Crippen molar-refractivity contribution in [3.63, 3.8) is 0 Å². The summed E-state index contributed by atoms with van der Waals surface area (Å²) in [4.78, 5) is 5.88. The Bertz CT molecular complexity index is 2050. The topological polar surface area (TPSA) is 60.1 Å². The highest BCUT2D eigenvalue weighted by Crippen LogP contribution is 2.50. The van der Waals surface area contributed by atoms with Crippen molar-refractivity contribution in [3.05, 3.63) is 148 Å². The Morgan fingerprint density at radius 1 is 0.957 bits per heavy atom. The van der Waals surface area contributed by atoms with Crippen LogP contribution < -0.4 is 4.74 Å². The van der Waals surface area contributed by atoms with Crippen molar-refractivity contribution >= 4 is 34.3 Å². The van der Waals surface area contributed by atoms with Gasteiger partial charge in [-0.05, 0) is 53.9 Å². The number of nitrogens with zero attached hydrogens (tertiary/aromatic N) is 3. The fourth-order valence-corrected chi connectivity index (χ4v) is 7.80. The quantitative estimate of drug-likeness (QED) is 0.157. The third-order valence-corrected chi connectivity index (χ3v) is 9.98. The van der Waals surface area contributed by atoms with E-state index in [2.05, 4.69) is 60.0 Å². The Kier molecular flexibility index (Phi) is 8.55. The fraction of sp³-hybridized carbons (Fsp3) is 0.179. The van der Waals surface area contributed by atoms with Gasteiger partial charge in [0.2, 0.25) is 0 Å². The summed E-state index contributed by atoms with van der Waals surface area (Å²) in [7, 11) is 1.72. The lowest BCUT2D eigenvalue weighted by atomic mass is 9.99. The molecule has 2 unspecified atom stereocenters. The number of methoxy groups -OCH3 is 1. The van der Waals surface area contributed by atoms with Crippen molar-refractivity contribution in [1.82, 2.24) is 9.55 Å². The van der Waals surface area contributed by atoms with Crippen molar-refractivity contribution in [2.75, 3.05) is 7.11 Å². The van der Waals surface area contributed by atoms with Crippen LogP contribution in [0.2, 0.25) is 5.02 Å². The molecule has 7 rings (SSSR count). The zero-order valence-electron chi connectivity index (χ0n) is 25.6. The fourth-order valence-electron chi connectivity index (χ4n) is 6.34. The predicted molar refractivity (Wildman–Crippen MR) is 186 cm³/mol. The molecule has 1 aliphatic heterocycles. The first kappa shape index (κ1) is 30.1. The van der Waals surface area contributed by atoms with E-state index in [1.54, 1.807) is 7.11 Å². The van der Waals surface area contributed by atoms with Gasteiger partial charge in [-0.25, -0.2) is 0 Å². The van der Waals surface area contributed by atoms with Gasteiger partial charge in [-0.2, -0.15) is 5.26 Å². The molecule has 0 saturated heterocycles. The average molecular weight is 642 g/mol. The maximum atomic E-state index is 10.0. The molecule has 3 heterocycles. The third-order valence-electron chi connectivity index (χ3n) is 8.51. The Morgan fingerprint density at radius 2 is 1.74 bits per heavy atom. The number of rotatable bonds is 9. The molecule has 0 radical (unpaired) electrons. The number of nitriles is 1. The minimum absolute atomic E-state index is 0.317. The molecule has 5 nitrogen and oxygen atoms in total. The summed E-state index contributed by atoms with van der Waals surface area (Å²) < 4.78 is 15.1.